The van der Waals surface area contributed by atoms with E-state index in [1.165, 1.54) is 10.8 Å². The molecule has 1 aliphatic carbocycles. The van der Waals surface area contributed by atoms with Gasteiger partial charge in [-0.2, -0.15) is 0 Å². The number of nitrogens with one attached hydrogen (secondary N) is 1. The van der Waals surface area contributed by atoms with Gasteiger partial charge in [-0.05, 0) is 60.2 Å². The van der Waals surface area contributed by atoms with E-state index in [9.17, 15) is 9.59 Å². The van der Waals surface area contributed by atoms with Crippen LogP contribution in [0.4, 0.5) is 0 Å². The van der Waals surface area contributed by atoms with Gasteiger partial charge in [-0.3, -0.25) is 9.59 Å². The molecule has 1 aliphatic rings. The molecule has 1 unspecified atom stereocenters. The number of hydrogen-bond donors (Lipinski definition) is 1. The lowest BCUT2D eigenvalue weighted by atomic mass is 10.0. The SMILES string of the molecule is CC(C(=O)NC1CCCC1)N(Cc1cccc(Cl)c1)C(=O)CCc1cccc2ccccc12. The van der Waals surface area contributed by atoms with Gasteiger partial charge in [0.05, 0.1) is 0 Å². The molecule has 3 aromatic rings. The molecule has 0 bridgehead atoms. The minimum absolute atomic E-state index is 0.0306. The molecule has 1 fully saturated rings. The molecule has 5 heteroatoms. The van der Waals surface area contributed by atoms with E-state index in [1.54, 1.807) is 4.90 Å². The molecule has 0 heterocycles. The molecule has 3 aromatic carbocycles. The van der Waals surface area contributed by atoms with E-state index in [1.807, 2.05) is 49.4 Å². The van der Waals surface area contributed by atoms with Crippen LogP contribution in [0.5, 0.6) is 0 Å². The average molecular weight is 463 g/mol. The number of aryl methyl sites for hydroxylation is 1. The summed E-state index contributed by atoms with van der Waals surface area (Å²) in [5.74, 6) is -0.112. The highest BCUT2D eigenvalue weighted by atomic mass is 35.5. The smallest absolute Gasteiger partial charge is 0.242 e. The zero-order valence-corrected chi connectivity index (χ0v) is 19.9. The summed E-state index contributed by atoms with van der Waals surface area (Å²) in [5.41, 5.74) is 2.06. The van der Waals surface area contributed by atoms with Crippen LogP contribution in [-0.4, -0.2) is 28.8 Å². The highest BCUT2D eigenvalue weighted by Gasteiger charge is 2.28. The van der Waals surface area contributed by atoms with Crippen LogP contribution in [0.2, 0.25) is 5.02 Å². The Hall–Kier alpha value is -2.85. The van der Waals surface area contributed by atoms with Gasteiger partial charge in [-0.25, -0.2) is 0 Å². The molecule has 0 aliphatic heterocycles. The van der Waals surface area contributed by atoms with Gasteiger partial charge in [0.1, 0.15) is 6.04 Å². The highest BCUT2D eigenvalue weighted by molar-refractivity contribution is 6.30. The van der Waals surface area contributed by atoms with Crippen molar-refractivity contribution >= 4 is 34.2 Å². The lowest BCUT2D eigenvalue weighted by Gasteiger charge is -2.30. The summed E-state index contributed by atoms with van der Waals surface area (Å²) in [6, 6.07) is 21.6. The van der Waals surface area contributed by atoms with Crippen LogP contribution >= 0.6 is 11.6 Å². The Morgan fingerprint density at radius 3 is 2.55 bits per heavy atom. The van der Waals surface area contributed by atoms with E-state index in [4.69, 9.17) is 11.6 Å². The molecule has 4 rings (SSSR count). The summed E-state index contributed by atoms with van der Waals surface area (Å²) in [6.45, 7) is 2.18. The second kappa shape index (κ2) is 10.8. The molecule has 172 valence electrons. The first-order valence-corrected chi connectivity index (χ1v) is 12.2. The van der Waals surface area contributed by atoms with Gasteiger partial charge >= 0.3 is 0 Å². The van der Waals surface area contributed by atoms with Gasteiger partial charge in [0.15, 0.2) is 0 Å². The Labute approximate surface area is 200 Å². The summed E-state index contributed by atoms with van der Waals surface area (Å²) >= 11 is 6.18. The van der Waals surface area contributed by atoms with E-state index in [0.717, 1.165) is 36.8 Å². The number of amides is 2. The Morgan fingerprint density at radius 2 is 1.76 bits per heavy atom. The Kier molecular flexibility index (Phi) is 7.66. The lowest BCUT2D eigenvalue weighted by molar-refractivity contribution is -0.140. The van der Waals surface area contributed by atoms with Crippen molar-refractivity contribution in [2.45, 2.75) is 64.1 Å². The number of carbonyl (C=O) groups excluding carboxylic acids is 2. The van der Waals surface area contributed by atoms with Crippen LogP contribution in [0.15, 0.2) is 66.7 Å². The quantitative estimate of drug-likeness (QED) is 0.453. The third-order valence-electron chi connectivity index (χ3n) is 6.60. The van der Waals surface area contributed by atoms with Crippen molar-refractivity contribution in [3.05, 3.63) is 82.9 Å². The van der Waals surface area contributed by atoms with Gasteiger partial charge in [0.25, 0.3) is 0 Å². The maximum absolute atomic E-state index is 13.4. The van der Waals surface area contributed by atoms with Crippen molar-refractivity contribution in [1.29, 1.82) is 0 Å². The van der Waals surface area contributed by atoms with Crippen LogP contribution in [-0.2, 0) is 22.6 Å². The van der Waals surface area contributed by atoms with Crippen molar-refractivity contribution in [3.8, 4) is 0 Å². The maximum atomic E-state index is 13.4. The normalized spacial score (nSPS) is 14.8. The second-order valence-electron chi connectivity index (χ2n) is 8.96. The molecular weight excluding hydrogens is 432 g/mol. The highest BCUT2D eigenvalue weighted by Crippen LogP contribution is 2.22. The molecule has 1 atom stereocenters. The van der Waals surface area contributed by atoms with E-state index in [2.05, 4.69) is 29.6 Å². The number of carbonyl (C=O) groups is 2. The summed E-state index contributed by atoms with van der Waals surface area (Å²) < 4.78 is 0. The fourth-order valence-corrected chi connectivity index (χ4v) is 4.92. The summed E-state index contributed by atoms with van der Waals surface area (Å²) in [6.07, 6.45) is 5.30. The molecule has 2 amide bonds. The molecule has 0 aromatic heterocycles. The predicted molar refractivity (Wildman–Crippen MR) is 134 cm³/mol. The minimum atomic E-state index is -0.551. The molecule has 1 N–H and O–H groups in total. The monoisotopic (exact) mass is 462 g/mol. The molecular formula is C28H31ClN2O2. The number of rotatable bonds is 8. The Balaban J connectivity index is 1.50. The fraction of sp³-hybridized carbons (Fsp3) is 0.357. The van der Waals surface area contributed by atoms with Gasteiger partial charge in [0, 0.05) is 24.0 Å². The van der Waals surface area contributed by atoms with E-state index < -0.39 is 6.04 Å². The number of benzene rings is 3. The van der Waals surface area contributed by atoms with Gasteiger partial charge in [-0.1, -0.05) is 79.0 Å². The maximum Gasteiger partial charge on any atom is 0.242 e. The third kappa shape index (κ3) is 5.94. The number of halogens is 1. The lowest BCUT2D eigenvalue weighted by Crippen LogP contribution is -2.49. The fourth-order valence-electron chi connectivity index (χ4n) is 4.70. The van der Waals surface area contributed by atoms with Crippen molar-refractivity contribution in [2.75, 3.05) is 0 Å². The molecule has 0 radical (unpaired) electrons. The number of fused-ring (bicyclic) bond motifs is 1. The Morgan fingerprint density at radius 1 is 1.03 bits per heavy atom. The number of nitrogens with zero attached hydrogens (tertiary/aromatic N) is 1. The van der Waals surface area contributed by atoms with E-state index in [0.29, 0.717) is 24.4 Å². The second-order valence-corrected chi connectivity index (χ2v) is 9.39. The molecule has 0 saturated heterocycles. The van der Waals surface area contributed by atoms with Crippen LogP contribution < -0.4 is 5.32 Å². The minimum Gasteiger partial charge on any atom is -0.352 e. The molecule has 33 heavy (non-hydrogen) atoms. The van der Waals surface area contributed by atoms with Crippen molar-refractivity contribution in [1.82, 2.24) is 10.2 Å². The molecule has 1 saturated carbocycles. The summed E-state index contributed by atoms with van der Waals surface area (Å²) in [4.78, 5) is 28.2. The standard InChI is InChI=1S/C28H31ClN2O2/c1-20(28(33)30-25-13-3-4-14-25)31(19-21-8-6-12-24(29)18-21)27(32)17-16-23-11-7-10-22-9-2-5-15-26(22)23/h2,5-12,15,18,20,25H,3-4,13-14,16-17,19H2,1H3,(H,30,33). The summed E-state index contributed by atoms with van der Waals surface area (Å²) in [5, 5.41) is 6.11. The molecule has 4 nitrogen and oxygen atoms in total. The summed E-state index contributed by atoms with van der Waals surface area (Å²) in [7, 11) is 0. The van der Waals surface area contributed by atoms with Crippen molar-refractivity contribution in [3.63, 3.8) is 0 Å². The van der Waals surface area contributed by atoms with Crippen LogP contribution in [0, 0.1) is 0 Å². The zero-order valence-electron chi connectivity index (χ0n) is 19.1. The van der Waals surface area contributed by atoms with Crippen LogP contribution in [0.25, 0.3) is 10.8 Å². The van der Waals surface area contributed by atoms with E-state index >= 15 is 0 Å². The Bertz CT molecular complexity index is 1120. The predicted octanol–water partition coefficient (Wildman–Crippen LogP) is 5.90. The van der Waals surface area contributed by atoms with Gasteiger partial charge in [0.2, 0.25) is 11.8 Å². The van der Waals surface area contributed by atoms with E-state index in [-0.39, 0.29) is 17.9 Å². The first kappa shape index (κ1) is 23.3. The third-order valence-corrected chi connectivity index (χ3v) is 6.83. The van der Waals surface area contributed by atoms with Gasteiger partial charge in [-0.15, -0.1) is 0 Å². The average Bonchev–Trinajstić information content (AvgIpc) is 3.33. The molecule has 0 spiro atoms. The van der Waals surface area contributed by atoms with Crippen molar-refractivity contribution in [2.24, 2.45) is 0 Å². The largest absolute Gasteiger partial charge is 0.352 e. The van der Waals surface area contributed by atoms with Crippen LogP contribution in [0.3, 0.4) is 0 Å². The topological polar surface area (TPSA) is 49.4 Å². The zero-order chi connectivity index (χ0) is 23.2. The first-order valence-electron chi connectivity index (χ1n) is 11.8. The van der Waals surface area contributed by atoms with Crippen LogP contribution in [0.1, 0.15) is 50.2 Å². The van der Waals surface area contributed by atoms with Crippen molar-refractivity contribution < 1.29 is 9.59 Å². The number of hydrogen-bond acceptors (Lipinski definition) is 2. The first-order chi connectivity index (χ1) is 16.0. The van der Waals surface area contributed by atoms with Gasteiger partial charge < -0.3 is 10.2 Å².